The summed E-state index contributed by atoms with van der Waals surface area (Å²) in [6.45, 7) is 28.7. The van der Waals surface area contributed by atoms with Gasteiger partial charge in [-0.05, 0) is 246 Å². The summed E-state index contributed by atoms with van der Waals surface area (Å²) in [7, 11) is 7.94. The molecule has 0 atom stereocenters. The van der Waals surface area contributed by atoms with Crippen LogP contribution in [0.25, 0.3) is 0 Å². The minimum atomic E-state index is -0.651. The predicted octanol–water partition coefficient (Wildman–Crippen LogP) is 28.4. The number of halogens is 4. The number of anilines is 6. The number of para-hydroxylation sites is 1. The third-order valence-corrected chi connectivity index (χ3v) is 23.4. The highest BCUT2D eigenvalue weighted by atomic mass is 127. The molecule has 24 nitrogen and oxygen atoms in total. The number of hydrogen-bond acceptors (Lipinski definition) is 18. The number of hydrogen-bond donors (Lipinski definition) is 6. The van der Waals surface area contributed by atoms with Crippen LogP contribution in [-0.4, -0.2) is 79.2 Å². The number of rotatable bonds is 30. The Balaban J connectivity index is 0.000000224. The van der Waals surface area contributed by atoms with Gasteiger partial charge < -0.3 is 56.8 Å². The number of carbonyl (C=O) groups excluding carboxylic acids is 6. The lowest BCUT2D eigenvalue weighted by Crippen LogP contribution is -2.14. The van der Waals surface area contributed by atoms with Gasteiger partial charge >= 0.3 is 36.6 Å². The minimum Gasteiger partial charge on any atom is -0.489 e. The summed E-state index contributed by atoms with van der Waals surface area (Å²) in [6.07, 6.45) is 2.19. The summed E-state index contributed by atoms with van der Waals surface area (Å²) in [5, 5.41) is 16.5. The number of amides is 6. The lowest BCUT2D eigenvalue weighted by Gasteiger charge is -2.16. The quantitative estimate of drug-likeness (QED) is 0.0180. The van der Waals surface area contributed by atoms with Gasteiger partial charge in [0.1, 0.15) is 80.0 Å². The van der Waals surface area contributed by atoms with Gasteiger partial charge in [0.2, 0.25) is 0 Å². The van der Waals surface area contributed by atoms with E-state index >= 15 is 0 Å². The molecular weight excluding hydrogens is 1940 g/mol. The Morgan fingerprint density at radius 2 is 0.540 bits per heavy atom. The second kappa shape index (κ2) is 58.0. The van der Waals surface area contributed by atoms with Crippen LogP contribution in [0.4, 0.5) is 67.3 Å². The molecule has 0 fully saturated rings. The van der Waals surface area contributed by atoms with Crippen molar-refractivity contribution in [3.05, 3.63) is 349 Å². The Hall–Kier alpha value is -13.5. The first kappa shape index (κ1) is 110. The van der Waals surface area contributed by atoms with Gasteiger partial charge in [-0.2, -0.15) is 0 Å². The van der Waals surface area contributed by atoms with Gasteiger partial charge in [0.05, 0.1) is 76.8 Å². The van der Waals surface area contributed by atoms with Crippen LogP contribution in [0.3, 0.4) is 0 Å². The molecule has 0 aromatic heterocycles. The number of carbonyl (C=O) groups is 6. The molecule has 726 valence electrons. The van der Waals surface area contributed by atoms with Gasteiger partial charge in [-0.15, -0.1) is 0 Å². The number of nitrogens with one attached hydrogen (secondary N) is 6. The van der Waals surface area contributed by atoms with Crippen LogP contribution in [0.1, 0.15) is 147 Å². The standard InChI is InChI=1S/C19H23NO3.C18H20BrNO3.C18H20ClNO3.C18H20FNO3.C18H20INO3.C18H21NO3/c1-5-15-11-13(2)9-10-18(15)23-12-16-14(3)7-6-8-17(16)20-19(21)22-4;4*1-4-13-10-12(2)8-9-17(13)23-11-14-15(19)6-5-7-16(14)20-18(21)22-3;1-4-14-11-13(2)9-10-17(14)22-12-15-7-5-6-8-16(15)19-18(20)21-3/h6-11H,5,12H2,1-4H3,(H,20,21);4*5-10H,4,11H2,1-3H3,(H,20,21);5-11H,4,12H2,1-3H3,(H,19,20). The fourth-order valence-corrected chi connectivity index (χ4v) is 15.1. The average molecular weight is 2070 g/mol. The van der Waals surface area contributed by atoms with Gasteiger partial charge in [0.15, 0.2) is 0 Å². The largest absolute Gasteiger partial charge is 0.489 e. The number of benzene rings is 12. The molecule has 0 aliphatic heterocycles. The van der Waals surface area contributed by atoms with Crippen molar-refractivity contribution in [3.63, 3.8) is 0 Å². The van der Waals surface area contributed by atoms with Crippen LogP contribution >= 0.6 is 50.1 Å². The van der Waals surface area contributed by atoms with Crippen molar-refractivity contribution >= 4 is 121 Å². The average Bonchev–Trinajstić information content (AvgIpc) is 0.841. The molecule has 0 radical (unpaired) electrons. The van der Waals surface area contributed by atoms with E-state index in [1.165, 1.54) is 105 Å². The Morgan fingerprint density at radius 1 is 0.285 bits per heavy atom. The smallest absolute Gasteiger partial charge is 0.411 e. The van der Waals surface area contributed by atoms with E-state index in [1.807, 2.05) is 178 Å². The molecule has 6 amide bonds. The molecule has 137 heavy (non-hydrogen) atoms. The molecule has 0 spiro atoms. The van der Waals surface area contributed by atoms with E-state index in [0.29, 0.717) is 76.9 Å². The first-order valence-electron chi connectivity index (χ1n) is 44.6. The van der Waals surface area contributed by atoms with Gasteiger partial charge in [-0.25, -0.2) is 33.2 Å². The highest BCUT2D eigenvalue weighted by molar-refractivity contribution is 14.1. The van der Waals surface area contributed by atoms with Crippen molar-refractivity contribution in [2.24, 2.45) is 0 Å². The van der Waals surface area contributed by atoms with Crippen molar-refractivity contribution in [1.82, 2.24) is 0 Å². The first-order valence-corrected chi connectivity index (χ1v) is 46.8. The van der Waals surface area contributed by atoms with E-state index in [2.05, 4.69) is 198 Å². The van der Waals surface area contributed by atoms with E-state index in [-0.39, 0.29) is 18.8 Å². The highest BCUT2D eigenvalue weighted by Crippen LogP contribution is 2.35. The lowest BCUT2D eigenvalue weighted by molar-refractivity contribution is 0.186. The fourth-order valence-electron chi connectivity index (χ4n) is 13.7. The maximum Gasteiger partial charge on any atom is 0.411 e. The zero-order valence-electron chi connectivity index (χ0n) is 81.2. The maximum absolute atomic E-state index is 14.1. The zero-order chi connectivity index (χ0) is 100. The third-order valence-electron chi connectivity index (χ3n) is 21.3. The minimum absolute atomic E-state index is 0.0159. The van der Waals surface area contributed by atoms with Crippen LogP contribution in [0.2, 0.25) is 5.02 Å². The van der Waals surface area contributed by atoms with Crippen LogP contribution in [0.15, 0.2) is 229 Å². The summed E-state index contributed by atoms with van der Waals surface area (Å²) in [4.78, 5) is 68.6. The molecule has 0 bridgehead atoms. The topological polar surface area (TPSA) is 285 Å². The second-order valence-corrected chi connectivity index (χ2v) is 33.5. The summed E-state index contributed by atoms with van der Waals surface area (Å²) < 4.78 is 79.4. The summed E-state index contributed by atoms with van der Waals surface area (Å²) >= 11 is 12.0. The highest BCUT2D eigenvalue weighted by Gasteiger charge is 2.20. The molecule has 12 aromatic carbocycles. The molecule has 0 heterocycles. The van der Waals surface area contributed by atoms with Crippen LogP contribution < -0.4 is 60.3 Å². The molecule has 0 saturated heterocycles. The molecule has 0 saturated carbocycles. The first-order chi connectivity index (χ1) is 65.9. The molecule has 12 aromatic rings. The van der Waals surface area contributed by atoms with Gasteiger partial charge in [-0.3, -0.25) is 31.9 Å². The van der Waals surface area contributed by atoms with Crippen molar-refractivity contribution in [3.8, 4) is 34.5 Å². The van der Waals surface area contributed by atoms with Crippen LogP contribution in [0, 0.1) is 57.9 Å². The Labute approximate surface area is 831 Å². The molecule has 0 unspecified atom stereocenters. The zero-order valence-corrected chi connectivity index (χ0v) is 85.7. The van der Waals surface area contributed by atoms with Crippen LogP contribution in [0.5, 0.6) is 34.5 Å². The number of ether oxygens (including phenoxy) is 12. The van der Waals surface area contributed by atoms with Gasteiger partial charge in [-0.1, -0.05) is 230 Å². The molecule has 0 aliphatic rings. The molecule has 28 heteroatoms. The number of aryl methyl sites for hydroxylation is 13. The normalized spacial score (nSPS) is 10.2. The number of methoxy groups -OCH3 is 6. The Bertz CT molecular complexity index is 5320. The molecule has 12 rings (SSSR count). The SMILES string of the molecule is CCc1cc(C)ccc1OCc1c(Br)cccc1NC(=O)OC.CCc1cc(C)ccc1OCc1c(C)cccc1NC(=O)OC.CCc1cc(C)ccc1OCc1c(Cl)cccc1NC(=O)OC.CCc1cc(C)ccc1OCc1c(F)cccc1NC(=O)OC.CCc1cc(C)ccc1OCc1c(I)cccc1NC(=O)OC.CCc1cc(C)ccc1OCc1ccccc1NC(=O)OC. The second-order valence-electron chi connectivity index (χ2n) is 31.0. The third kappa shape index (κ3) is 35.6. The van der Waals surface area contributed by atoms with Crippen molar-refractivity contribution in [2.75, 3.05) is 74.6 Å². The predicted molar refractivity (Wildman–Crippen MR) is 554 cm³/mol. The Kier molecular flexibility index (Phi) is 46.8. The fraction of sp³-hybridized carbons (Fsp3) is 0.284. The van der Waals surface area contributed by atoms with Crippen molar-refractivity contribution in [2.45, 2.75) is 168 Å². The van der Waals surface area contributed by atoms with Gasteiger partial charge in [0.25, 0.3) is 0 Å². The van der Waals surface area contributed by atoms with Crippen LogP contribution in [-0.2, 0) is 107 Å². The monoisotopic (exact) mass is 2060 g/mol. The van der Waals surface area contributed by atoms with E-state index in [1.54, 1.807) is 24.3 Å². The maximum atomic E-state index is 14.1. The van der Waals surface area contributed by atoms with E-state index in [9.17, 15) is 33.2 Å². The van der Waals surface area contributed by atoms with Crippen molar-refractivity contribution < 1.29 is 90.0 Å². The van der Waals surface area contributed by atoms with E-state index < -0.39 is 42.4 Å². The van der Waals surface area contributed by atoms with Gasteiger partial charge in [0, 0.05) is 46.4 Å². The Morgan fingerprint density at radius 3 is 0.898 bits per heavy atom. The lowest BCUT2D eigenvalue weighted by atomic mass is 10.1. The molecule has 0 aliphatic carbocycles. The van der Waals surface area contributed by atoms with Crippen molar-refractivity contribution in [1.29, 1.82) is 0 Å². The summed E-state index contributed by atoms with van der Waals surface area (Å²) in [5.74, 6) is 4.59. The summed E-state index contributed by atoms with van der Waals surface area (Å²) in [6, 6.07) is 70.9. The van der Waals surface area contributed by atoms with E-state index in [0.717, 1.165) is 120 Å². The summed E-state index contributed by atoms with van der Waals surface area (Å²) in [5.41, 5.74) is 23.5. The molecule has 6 N–H and O–H groups in total. The molecular formula is C109H124BrClFIN6O18. The van der Waals surface area contributed by atoms with E-state index in [4.69, 9.17) is 40.0 Å².